The van der Waals surface area contributed by atoms with E-state index in [0.717, 1.165) is 22.6 Å². The predicted octanol–water partition coefficient (Wildman–Crippen LogP) is 2.16. The summed E-state index contributed by atoms with van der Waals surface area (Å²) in [6.07, 6.45) is 3.73. The maximum atomic E-state index is 5.77. The van der Waals surface area contributed by atoms with Crippen molar-refractivity contribution >= 4 is 0 Å². The molecule has 2 aromatic rings. The molecule has 0 saturated carbocycles. The molecule has 0 amide bonds. The molecule has 0 aliphatic heterocycles. The van der Waals surface area contributed by atoms with Crippen LogP contribution in [0.4, 0.5) is 0 Å². The van der Waals surface area contributed by atoms with Gasteiger partial charge in [-0.3, -0.25) is 0 Å². The smallest absolute Gasteiger partial charge is 0.158 e. The Morgan fingerprint density at radius 2 is 2.12 bits per heavy atom. The molecule has 17 heavy (non-hydrogen) atoms. The molecule has 0 radical (unpaired) electrons. The van der Waals surface area contributed by atoms with Gasteiger partial charge >= 0.3 is 0 Å². The number of aromatic nitrogens is 3. The summed E-state index contributed by atoms with van der Waals surface area (Å²) in [5, 5.41) is 4.53. The molecule has 2 aromatic heterocycles. The van der Waals surface area contributed by atoms with E-state index >= 15 is 0 Å². The summed E-state index contributed by atoms with van der Waals surface area (Å²) < 4.78 is 1.81. The third-order valence-electron chi connectivity index (χ3n) is 2.89. The van der Waals surface area contributed by atoms with Crippen molar-refractivity contribution in [3.8, 4) is 5.82 Å². The number of hydrogen-bond donors (Lipinski definition) is 1. The fraction of sp³-hybridized carbons (Fsp3) is 0.385. The molecule has 0 unspecified atom stereocenters. The van der Waals surface area contributed by atoms with Gasteiger partial charge in [0, 0.05) is 24.5 Å². The van der Waals surface area contributed by atoms with Crippen molar-refractivity contribution < 1.29 is 0 Å². The molecule has 4 nitrogen and oxygen atoms in total. The van der Waals surface area contributed by atoms with Crippen LogP contribution in [-0.2, 0) is 6.54 Å². The molecule has 4 heteroatoms. The highest BCUT2D eigenvalue weighted by Gasteiger charge is 2.10. The second-order valence-corrected chi connectivity index (χ2v) is 4.47. The van der Waals surface area contributed by atoms with Crippen LogP contribution in [0.1, 0.15) is 36.6 Å². The third kappa shape index (κ3) is 2.22. The van der Waals surface area contributed by atoms with Crippen LogP contribution in [0.15, 0.2) is 24.5 Å². The topological polar surface area (TPSA) is 56.7 Å². The fourth-order valence-electron chi connectivity index (χ4n) is 1.79. The van der Waals surface area contributed by atoms with Gasteiger partial charge in [0.1, 0.15) is 0 Å². The van der Waals surface area contributed by atoms with E-state index < -0.39 is 0 Å². The van der Waals surface area contributed by atoms with Crippen LogP contribution in [0.25, 0.3) is 5.82 Å². The highest BCUT2D eigenvalue weighted by molar-refractivity contribution is 5.38. The minimum atomic E-state index is 0.419. The fourth-order valence-corrected chi connectivity index (χ4v) is 1.79. The van der Waals surface area contributed by atoms with Gasteiger partial charge < -0.3 is 5.73 Å². The Bertz CT molecular complexity index is 514. The highest BCUT2D eigenvalue weighted by Crippen LogP contribution is 2.17. The maximum Gasteiger partial charge on any atom is 0.158 e. The van der Waals surface area contributed by atoms with E-state index in [4.69, 9.17) is 5.73 Å². The Kier molecular flexibility index (Phi) is 3.24. The zero-order valence-corrected chi connectivity index (χ0v) is 10.5. The highest BCUT2D eigenvalue weighted by atomic mass is 15.3. The van der Waals surface area contributed by atoms with Crippen LogP contribution < -0.4 is 5.73 Å². The van der Waals surface area contributed by atoms with Crippen LogP contribution >= 0.6 is 0 Å². The largest absolute Gasteiger partial charge is 0.326 e. The molecule has 0 fully saturated rings. The first kappa shape index (κ1) is 11.8. The van der Waals surface area contributed by atoms with Gasteiger partial charge in [0.15, 0.2) is 5.82 Å². The summed E-state index contributed by atoms with van der Waals surface area (Å²) in [6, 6.07) is 3.99. The molecular formula is C13H18N4. The van der Waals surface area contributed by atoms with Crippen LogP contribution in [0.3, 0.4) is 0 Å². The van der Waals surface area contributed by atoms with Crippen molar-refractivity contribution in [2.45, 2.75) is 33.2 Å². The van der Waals surface area contributed by atoms with Crippen LogP contribution in [0.2, 0.25) is 0 Å². The van der Waals surface area contributed by atoms with Crippen molar-refractivity contribution in [1.82, 2.24) is 14.8 Å². The van der Waals surface area contributed by atoms with Crippen molar-refractivity contribution in [2.24, 2.45) is 5.73 Å². The van der Waals surface area contributed by atoms with Crippen molar-refractivity contribution in [1.29, 1.82) is 0 Å². The van der Waals surface area contributed by atoms with Gasteiger partial charge in [0.2, 0.25) is 0 Å². The number of hydrogen-bond acceptors (Lipinski definition) is 3. The van der Waals surface area contributed by atoms with Crippen LogP contribution in [-0.4, -0.2) is 14.8 Å². The molecule has 2 N–H and O–H groups in total. The van der Waals surface area contributed by atoms with E-state index in [9.17, 15) is 0 Å². The predicted molar refractivity (Wildman–Crippen MR) is 68.1 cm³/mol. The van der Waals surface area contributed by atoms with Crippen molar-refractivity contribution in [2.75, 3.05) is 0 Å². The standard InChI is InChI=1S/C13H18N4/c1-9(2)12-5-7-17(16-12)13-11(8-14)10(3)4-6-15-13/h4-7,9H,8,14H2,1-3H3. The van der Waals surface area contributed by atoms with E-state index in [1.54, 1.807) is 6.20 Å². The van der Waals surface area contributed by atoms with E-state index in [1.165, 1.54) is 0 Å². The van der Waals surface area contributed by atoms with Gasteiger partial charge in [-0.2, -0.15) is 5.10 Å². The molecule has 0 spiro atoms. The first-order chi connectivity index (χ1) is 8.13. The summed E-state index contributed by atoms with van der Waals surface area (Å²) in [7, 11) is 0. The second-order valence-electron chi connectivity index (χ2n) is 4.47. The molecule has 0 bridgehead atoms. The Hall–Kier alpha value is -1.68. The number of rotatable bonds is 3. The summed E-state index contributed by atoms with van der Waals surface area (Å²) in [5.41, 5.74) is 9.04. The zero-order chi connectivity index (χ0) is 12.4. The lowest BCUT2D eigenvalue weighted by molar-refractivity contribution is 0.749. The first-order valence-corrected chi connectivity index (χ1v) is 5.84. The van der Waals surface area contributed by atoms with E-state index in [0.29, 0.717) is 12.5 Å². The van der Waals surface area contributed by atoms with E-state index in [2.05, 4.69) is 23.9 Å². The number of pyridine rings is 1. The second kappa shape index (κ2) is 4.67. The lowest BCUT2D eigenvalue weighted by Crippen LogP contribution is -2.09. The molecule has 0 aliphatic rings. The van der Waals surface area contributed by atoms with Crippen molar-refractivity contribution in [3.63, 3.8) is 0 Å². The van der Waals surface area contributed by atoms with E-state index in [1.807, 2.05) is 29.9 Å². The molecule has 2 rings (SSSR count). The lowest BCUT2D eigenvalue weighted by Gasteiger charge is -2.09. The molecule has 2 heterocycles. The monoisotopic (exact) mass is 230 g/mol. The third-order valence-corrected chi connectivity index (χ3v) is 2.89. The van der Waals surface area contributed by atoms with Gasteiger partial charge in [0.05, 0.1) is 5.69 Å². The van der Waals surface area contributed by atoms with Gasteiger partial charge in [0.25, 0.3) is 0 Å². The normalized spacial score (nSPS) is 11.1. The van der Waals surface area contributed by atoms with E-state index in [-0.39, 0.29) is 0 Å². The van der Waals surface area contributed by atoms with Crippen LogP contribution in [0.5, 0.6) is 0 Å². The molecule has 0 atom stereocenters. The Labute approximate surface area is 101 Å². The minimum absolute atomic E-state index is 0.419. The van der Waals surface area contributed by atoms with Crippen molar-refractivity contribution in [3.05, 3.63) is 41.3 Å². The van der Waals surface area contributed by atoms with Gasteiger partial charge in [-0.25, -0.2) is 9.67 Å². The quantitative estimate of drug-likeness (QED) is 0.879. The number of nitrogens with zero attached hydrogens (tertiary/aromatic N) is 3. The maximum absolute atomic E-state index is 5.77. The lowest BCUT2D eigenvalue weighted by atomic mass is 10.1. The zero-order valence-electron chi connectivity index (χ0n) is 10.5. The van der Waals surface area contributed by atoms with Gasteiger partial charge in [-0.15, -0.1) is 0 Å². The molecular weight excluding hydrogens is 212 g/mol. The summed E-state index contributed by atoms with van der Waals surface area (Å²) in [5.74, 6) is 1.25. The minimum Gasteiger partial charge on any atom is -0.326 e. The Balaban J connectivity index is 2.48. The molecule has 0 saturated heterocycles. The summed E-state index contributed by atoms with van der Waals surface area (Å²) in [6.45, 7) is 6.77. The summed E-state index contributed by atoms with van der Waals surface area (Å²) in [4.78, 5) is 4.37. The Morgan fingerprint density at radius 3 is 2.71 bits per heavy atom. The first-order valence-electron chi connectivity index (χ1n) is 5.84. The molecule has 90 valence electrons. The van der Waals surface area contributed by atoms with Gasteiger partial charge in [-0.05, 0) is 30.5 Å². The molecule has 0 aliphatic carbocycles. The average molecular weight is 230 g/mol. The molecule has 0 aromatic carbocycles. The van der Waals surface area contributed by atoms with Crippen LogP contribution in [0, 0.1) is 6.92 Å². The van der Waals surface area contributed by atoms with Gasteiger partial charge in [-0.1, -0.05) is 13.8 Å². The average Bonchev–Trinajstić information content (AvgIpc) is 2.77. The summed E-state index contributed by atoms with van der Waals surface area (Å²) >= 11 is 0. The Morgan fingerprint density at radius 1 is 1.35 bits per heavy atom. The SMILES string of the molecule is Cc1ccnc(-n2ccc(C(C)C)n2)c1CN. The number of nitrogens with two attached hydrogens (primary N) is 1. The number of aryl methyl sites for hydroxylation is 1.